The minimum atomic E-state index is -0.525. The number of benzene rings is 2. The Hall–Kier alpha value is -4.92. The van der Waals surface area contributed by atoms with Crippen molar-refractivity contribution in [1.82, 2.24) is 4.90 Å². The maximum Gasteiger partial charge on any atom is 0.410 e. The van der Waals surface area contributed by atoms with Gasteiger partial charge in [0.15, 0.2) is 0 Å². The fourth-order valence-corrected chi connectivity index (χ4v) is 4.63. The molecule has 2 aromatic carbocycles. The number of amides is 2. The lowest BCUT2D eigenvalue weighted by atomic mass is 9.91. The summed E-state index contributed by atoms with van der Waals surface area (Å²) >= 11 is 0. The Labute approximate surface area is 247 Å². The molecule has 1 saturated heterocycles. The van der Waals surface area contributed by atoms with Crippen LogP contribution in [0.25, 0.3) is 5.57 Å². The standard InChI is InChI=1S/C33H37N5O4/c1-7-30(39)35-25-12-8-10-23(20-25)27-13-9-11-24(22-34-5)31(27)36-28-15-14-26(21-29(28)41-6)37-16-18-38(19-17-37)32(40)42-33(2,3)4/h7-15,20-22H,1,5,16-19H2,2-4,6H3,(H,35,39)/b24-22-,36-31+. The quantitative estimate of drug-likeness (QED) is 0.318. The topological polar surface area (TPSA) is 95.8 Å². The third-order valence-corrected chi connectivity index (χ3v) is 6.62. The number of nitrogens with one attached hydrogen (secondary N) is 1. The largest absolute Gasteiger partial charge is 0.494 e. The molecule has 2 amide bonds. The van der Waals surface area contributed by atoms with Gasteiger partial charge in [-0.3, -0.25) is 9.79 Å². The van der Waals surface area contributed by atoms with Crippen LogP contribution in [-0.2, 0) is 9.53 Å². The number of aliphatic imine (C=N–C) groups is 2. The molecule has 1 heterocycles. The van der Waals surface area contributed by atoms with E-state index >= 15 is 0 Å². The van der Waals surface area contributed by atoms with Crippen LogP contribution in [0, 0.1) is 0 Å². The van der Waals surface area contributed by atoms with Crippen molar-refractivity contribution >= 4 is 47.1 Å². The molecule has 4 rings (SSSR count). The first-order valence-corrected chi connectivity index (χ1v) is 13.7. The number of allylic oxidation sites excluding steroid dienone is 5. The Kier molecular flexibility index (Phi) is 9.42. The Morgan fingerprint density at radius 2 is 1.83 bits per heavy atom. The monoisotopic (exact) mass is 567 g/mol. The summed E-state index contributed by atoms with van der Waals surface area (Å²) in [6, 6.07) is 13.4. The van der Waals surface area contributed by atoms with E-state index in [0.29, 0.717) is 49.0 Å². The molecule has 1 fully saturated rings. The minimum Gasteiger partial charge on any atom is -0.494 e. The van der Waals surface area contributed by atoms with E-state index in [-0.39, 0.29) is 12.0 Å². The van der Waals surface area contributed by atoms with Gasteiger partial charge in [-0.05, 0) is 63.4 Å². The second-order valence-electron chi connectivity index (χ2n) is 10.8. The molecule has 1 aliphatic carbocycles. The molecule has 0 aromatic heterocycles. The molecule has 9 heteroatoms. The maximum absolute atomic E-state index is 12.5. The first-order chi connectivity index (χ1) is 20.1. The number of piperazine rings is 1. The Balaban J connectivity index is 1.61. The average Bonchev–Trinajstić information content (AvgIpc) is 2.97. The Bertz CT molecular complexity index is 1490. The number of rotatable bonds is 7. The summed E-state index contributed by atoms with van der Waals surface area (Å²) in [5, 5.41) is 2.81. The van der Waals surface area contributed by atoms with Crippen molar-refractivity contribution < 1.29 is 19.1 Å². The minimum absolute atomic E-state index is 0.286. The predicted molar refractivity (Wildman–Crippen MR) is 170 cm³/mol. The van der Waals surface area contributed by atoms with Gasteiger partial charge >= 0.3 is 6.09 Å². The molecule has 218 valence electrons. The second-order valence-corrected chi connectivity index (χ2v) is 10.8. The SMILES string of the molecule is C=CC(=O)Nc1cccc(C2=CC=CC(=C/N=C)/C2=N\c2ccc(N3CCN(C(=O)OC(C)(C)C)CC3)cc2OC)c1. The molecule has 2 aromatic rings. The number of hydrogen-bond acceptors (Lipinski definition) is 7. The molecule has 0 spiro atoms. The molecule has 0 radical (unpaired) electrons. The highest BCUT2D eigenvalue weighted by atomic mass is 16.6. The summed E-state index contributed by atoms with van der Waals surface area (Å²) in [5.74, 6) is 0.326. The lowest BCUT2D eigenvalue weighted by molar-refractivity contribution is -0.111. The molecule has 1 aliphatic heterocycles. The van der Waals surface area contributed by atoms with E-state index in [4.69, 9.17) is 14.5 Å². The zero-order chi connectivity index (χ0) is 30.3. The smallest absolute Gasteiger partial charge is 0.410 e. The number of hydrogen-bond donors (Lipinski definition) is 1. The van der Waals surface area contributed by atoms with Gasteiger partial charge in [-0.15, -0.1) is 0 Å². The van der Waals surface area contributed by atoms with Crippen LogP contribution in [0.5, 0.6) is 5.75 Å². The van der Waals surface area contributed by atoms with Gasteiger partial charge in [-0.25, -0.2) is 9.79 Å². The van der Waals surface area contributed by atoms with E-state index in [1.165, 1.54) is 6.08 Å². The van der Waals surface area contributed by atoms with Crippen molar-refractivity contribution in [3.63, 3.8) is 0 Å². The van der Waals surface area contributed by atoms with Crippen molar-refractivity contribution in [3.8, 4) is 5.75 Å². The lowest BCUT2D eigenvalue weighted by Crippen LogP contribution is -2.50. The van der Waals surface area contributed by atoms with Gasteiger partial charge in [0.25, 0.3) is 0 Å². The normalized spacial score (nSPS) is 17.1. The molecular weight excluding hydrogens is 530 g/mol. The van der Waals surface area contributed by atoms with Crippen molar-refractivity contribution in [1.29, 1.82) is 0 Å². The highest BCUT2D eigenvalue weighted by Crippen LogP contribution is 2.36. The van der Waals surface area contributed by atoms with Gasteiger partial charge in [0.05, 0.1) is 12.8 Å². The predicted octanol–water partition coefficient (Wildman–Crippen LogP) is 6.19. The van der Waals surface area contributed by atoms with Gasteiger partial charge in [-0.1, -0.05) is 36.9 Å². The molecule has 0 unspecified atom stereocenters. The van der Waals surface area contributed by atoms with Crippen LogP contribution >= 0.6 is 0 Å². The van der Waals surface area contributed by atoms with E-state index in [1.807, 2.05) is 81.5 Å². The highest BCUT2D eigenvalue weighted by molar-refractivity contribution is 6.34. The summed E-state index contributed by atoms with van der Waals surface area (Å²) in [6.07, 6.45) is 8.43. The zero-order valence-corrected chi connectivity index (χ0v) is 24.6. The van der Waals surface area contributed by atoms with Gasteiger partial charge < -0.3 is 24.6 Å². The maximum atomic E-state index is 12.5. The zero-order valence-electron chi connectivity index (χ0n) is 24.6. The van der Waals surface area contributed by atoms with E-state index in [1.54, 1.807) is 18.2 Å². The Morgan fingerprint density at radius 1 is 1.07 bits per heavy atom. The highest BCUT2D eigenvalue weighted by Gasteiger charge is 2.26. The average molecular weight is 568 g/mol. The van der Waals surface area contributed by atoms with Gasteiger partial charge in [-0.2, -0.15) is 0 Å². The van der Waals surface area contributed by atoms with Crippen LogP contribution in [0.1, 0.15) is 26.3 Å². The third-order valence-electron chi connectivity index (χ3n) is 6.62. The van der Waals surface area contributed by atoms with Crippen molar-refractivity contribution in [2.75, 3.05) is 43.5 Å². The number of methoxy groups -OCH3 is 1. The first-order valence-electron chi connectivity index (χ1n) is 13.7. The van der Waals surface area contributed by atoms with Gasteiger partial charge in [0, 0.05) is 61.0 Å². The van der Waals surface area contributed by atoms with Crippen LogP contribution in [-0.4, -0.2) is 68.2 Å². The van der Waals surface area contributed by atoms with Crippen LogP contribution in [0.2, 0.25) is 0 Å². The summed E-state index contributed by atoms with van der Waals surface area (Å²) < 4.78 is 11.3. The third kappa shape index (κ3) is 7.42. The van der Waals surface area contributed by atoms with Gasteiger partial charge in [0.1, 0.15) is 17.0 Å². The second kappa shape index (κ2) is 13.2. The lowest BCUT2D eigenvalue weighted by Gasteiger charge is -2.36. The summed E-state index contributed by atoms with van der Waals surface area (Å²) in [4.78, 5) is 37.3. The summed E-state index contributed by atoms with van der Waals surface area (Å²) in [5.41, 5.74) is 4.95. The number of ether oxygens (including phenoxy) is 2. The summed E-state index contributed by atoms with van der Waals surface area (Å²) in [6.45, 7) is 15.2. The van der Waals surface area contributed by atoms with E-state index < -0.39 is 5.60 Å². The molecule has 0 atom stereocenters. The van der Waals surface area contributed by atoms with E-state index in [0.717, 1.165) is 22.4 Å². The molecule has 0 bridgehead atoms. The number of carbonyl (C=O) groups is 2. The molecule has 2 aliphatic rings. The van der Waals surface area contributed by atoms with E-state index in [2.05, 4.69) is 28.5 Å². The molecule has 9 nitrogen and oxygen atoms in total. The van der Waals surface area contributed by atoms with Crippen molar-refractivity contribution in [2.45, 2.75) is 26.4 Å². The van der Waals surface area contributed by atoms with Gasteiger partial charge in [0.2, 0.25) is 5.91 Å². The first kappa shape index (κ1) is 30.0. The molecule has 1 N–H and O–H groups in total. The number of nitrogens with zero attached hydrogens (tertiary/aromatic N) is 4. The van der Waals surface area contributed by atoms with E-state index in [9.17, 15) is 9.59 Å². The van der Waals surface area contributed by atoms with Crippen LogP contribution in [0.15, 0.2) is 95.1 Å². The molecule has 42 heavy (non-hydrogen) atoms. The fourth-order valence-electron chi connectivity index (χ4n) is 4.63. The number of carbonyl (C=O) groups excluding carboxylic acids is 2. The van der Waals surface area contributed by atoms with Crippen LogP contribution in [0.3, 0.4) is 0 Å². The van der Waals surface area contributed by atoms with Crippen LogP contribution in [0.4, 0.5) is 21.9 Å². The Morgan fingerprint density at radius 3 is 2.50 bits per heavy atom. The molecule has 0 saturated carbocycles. The van der Waals surface area contributed by atoms with Crippen LogP contribution < -0.4 is 15.0 Å². The fraction of sp³-hybridized carbons (Fsp3) is 0.273. The van der Waals surface area contributed by atoms with Crippen molar-refractivity contribution in [2.24, 2.45) is 9.98 Å². The van der Waals surface area contributed by atoms with Crippen molar-refractivity contribution in [3.05, 3.63) is 90.7 Å². The molecular formula is C33H37N5O4. The number of anilines is 2. The summed E-state index contributed by atoms with van der Waals surface area (Å²) in [7, 11) is 1.62.